The first-order chi connectivity index (χ1) is 8.15. The molecular formula is C14H19NO2. The zero-order valence-electron chi connectivity index (χ0n) is 10.2. The number of carbonyl (C=O) groups excluding carboxylic acids is 1. The van der Waals surface area contributed by atoms with Crippen molar-refractivity contribution in [2.75, 3.05) is 6.54 Å². The fourth-order valence-corrected chi connectivity index (χ4v) is 2.35. The van der Waals surface area contributed by atoms with E-state index in [1.165, 1.54) is 25.3 Å². The summed E-state index contributed by atoms with van der Waals surface area (Å²) in [6.07, 6.45) is 4.82. The smallest absolute Gasteiger partial charge is 0.251 e. The minimum absolute atomic E-state index is 0.0966. The highest BCUT2D eigenvalue weighted by Crippen LogP contribution is 2.43. The van der Waals surface area contributed by atoms with Gasteiger partial charge in [0.25, 0.3) is 5.91 Å². The van der Waals surface area contributed by atoms with Crippen LogP contribution >= 0.6 is 0 Å². The summed E-state index contributed by atoms with van der Waals surface area (Å²) in [5.41, 5.74) is 0.850. The molecule has 0 bridgehead atoms. The predicted molar refractivity (Wildman–Crippen MR) is 67.0 cm³/mol. The van der Waals surface area contributed by atoms with E-state index in [4.69, 9.17) is 0 Å². The second-order valence-corrected chi connectivity index (χ2v) is 4.94. The monoisotopic (exact) mass is 233 g/mol. The lowest BCUT2D eigenvalue weighted by atomic mass is 9.67. The number of phenolic OH excluding ortho intramolecular Hbond substituents is 1. The summed E-state index contributed by atoms with van der Waals surface area (Å²) < 4.78 is 0. The molecule has 1 aliphatic carbocycles. The van der Waals surface area contributed by atoms with Gasteiger partial charge in [0.2, 0.25) is 0 Å². The van der Waals surface area contributed by atoms with Crippen molar-refractivity contribution in [3.05, 3.63) is 29.8 Å². The Balaban J connectivity index is 1.93. The van der Waals surface area contributed by atoms with Crippen LogP contribution in [0.3, 0.4) is 0 Å². The molecule has 0 spiro atoms. The maximum absolute atomic E-state index is 11.9. The quantitative estimate of drug-likeness (QED) is 0.840. The van der Waals surface area contributed by atoms with Crippen LogP contribution in [-0.4, -0.2) is 17.6 Å². The summed E-state index contributed by atoms with van der Waals surface area (Å²) in [5.74, 6) is 0.0344. The third kappa shape index (κ3) is 2.60. The SMILES string of the molecule is CCC1(CNC(=O)c2cccc(O)c2)CCC1. The summed E-state index contributed by atoms with van der Waals surface area (Å²) in [7, 11) is 0. The molecule has 0 radical (unpaired) electrons. The highest BCUT2D eigenvalue weighted by molar-refractivity contribution is 5.94. The maximum Gasteiger partial charge on any atom is 0.251 e. The molecule has 1 fully saturated rings. The van der Waals surface area contributed by atoms with E-state index in [1.54, 1.807) is 18.2 Å². The van der Waals surface area contributed by atoms with Gasteiger partial charge < -0.3 is 10.4 Å². The van der Waals surface area contributed by atoms with Gasteiger partial charge in [0.1, 0.15) is 5.75 Å². The Hall–Kier alpha value is -1.51. The van der Waals surface area contributed by atoms with E-state index in [0.717, 1.165) is 13.0 Å². The lowest BCUT2D eigenvalue weighted by Gasteiger charge is -2.41. The zero-order valence-corrected chi connectivity index (χ0v) is 10.2. The second kappa shape index (κ2) is 4.78. The maximum atomic E-state index is 11.9. The van der Waals surface area contributed by atoms with Gasteiger partial charge in [-0.15, -0.1) is 0 Å². The topological polar surface area (TPSA) is 49.3 Å². The van der Waals surface area contributed by atoms with E-state index in [-0.39, 0.29) is 11.7 Å². The number of aromatic hydroxyl groups is 1. The summed E-state index contributed by atoms with van der Waals surface area (Å²) in [5, 5.41) is 12.3. The van der Waals surface area contributed by atoms with Crippen LogP contribution in [0.15, 0.2) is 24.3 Å². The Morgan fingerprint density at radius 2 is 2.24 bits per heavy atom. The lowest BCUT2D eigenvalue weighted by Crippen LogP contribution is -2.41. The standard InChI is InChI=1S/C14H19NO2/c1-2-14(7-4-8-14)10-15-13(17)11-5-3-6-12(16)9-11/h3,5-6,9,16H,2,4,7-8,10H2,1H3,(H,15,17). The van der Waals surface area contributed by atoms with Crippen LogP contribution in [0.1, 0.15) is 43.0 Å². The Morgan fingerprint density at radius 3 is 2.76 bits per heavy atom. The van der Waals surface area contributed by atoms with Gasteiger partial charge in [-0.05, 0) is 42.9 Å². The van der Waals surface area contributed by atoms with Crippen LogP contribution in [0.2, 0.25) is 0 Å². The fourth-order valence-electron chi connectivity index (χ4n) is 2.35. The molecule has 2 rings (SSSR count). The summed E-state index contributed by atoms with van der Waals surface area (Å²) in [6.45, 7) is 2.93. The normalized spacial score (nSPS) is 17.2. The Morgan fingerprint density at radius 1 is 1.47 bits per heavy atom. The summed E-state index contributed by atoms with van der Waals surface area (Å²) in [6, 6.07) is 6.46. The molecule has 17 heavy (non-hydrogen) atoms. The molecule has 0 unspecified atom stereocenters. The van der Waals surface area contributed by atoms with Crippen LogP contribution in [0.4, 0.5) is 0 Å². The number of hydrogen-bond acceptors (Lipinski definition) is 2. The molecule has 1 aliphatic rings. The van der Waals surface area contributed by atoms with Crippen molar-refractivity contribution < 1.29 is 9.90 Å². The summed E-state index contributed by atoms with van der Waals surface area (Å²) in [4.78, 5) is 11.9. The van der Waals surface area contributed by atoms with Crippen molar-refractivity contribution in [3.8, 4) is 5.75 Å². The van der Waals surface area contributed by atoms with Crippen molar-refractivity contribution in [2.45, 2.75) is 32.6 Å². The third-order valence-corrected chi connectivity index (χ3v) is 3.90. The first-order valence-corrected chi connectivity index (χ1v) is 6.22. The zero-order chi connectivity index (χ0) is 12.3. The number of hydrogen-bond donors (Lipinski definition) is 2. The third-order valence-electron chi connectivity index (χ3n) is 3.90. The molecule has 92 valence electrons. The van der Waals surface area contributed by atoms with Crippen LogP contribution in [0.5, 0.6) is 5.75 Å². The highest BCUT2D eigenvalue weighted by atomic mass is 16.3. The first-order valence-electron chi connectivity index (χ1n) is 6.22. The van der Waals surface area contributed by atoms with E-state index in [0.29, 0.717) is 11.0 Å². The van der Waals surface area contributed by atoms with Crippen molar-refractivity contribution in [1.29, 1.82) is 0 Å². The molecular weight excluding hydrogens is 214 g/mol. The van der Waals surface area contributed by atoms with Gasteiger partial charge in [0, 0.05) is 12.1 Å². The molecule has 1 amide bonds. The Labute approximate surface area is 102 Å². The number of amides is 1. The molecule has 2 N–H and O–H groups in total. The van der Waals surface area contributed by atoms with Crippen LogP contribution < -0.4 is 5.32 Å². The highest BCUT2D eigenvalue weighted by Gasteiger charge is 2.35. The molecule has 0 heterocycles. The Bertz CT molecular complexity index is 405. The molecule has 0 aromatic heterocycles. The minimum atomic E-state index is -0.0966. The van der Waals surface area contributed by atoms with E-state index >= 15 is 0 Å². The van der Waals surface area contributed by atoms with E-state index in [9.17, 15) is 9.90 Å². The van der Waals surface area contributed by atoms with Crippen LogP contribution in [-0.2, 0) is 0 Å². The van der Waals surface area contributed by atoms with Gasteiger partial charge in [-0.2, -0.15) is 0 Å². The number of benzene rings is 1. The number of nitrogens with one attached hydrogen (secondary N) is 1. The van der Waals surface area contributed by atoms with Gasteiger partial charge in [0.05, 0.1) is 0 Å². The first kappa shape index (κ1) is 12.0. The van der Waals surface area contributed by atoms with E-state index < -0.39 is 0 Å². The second-order valence-electron chi connectivity index (χ2n) is 4.94. The molecule has 3 nitrogen and oxygen atoms in total. The number of rotatable bonds is 4. The molecule has 3 heteroatoms. The van der Waals surface area contributed by atoms with Crippen molar-refractivity contribution >= 4 is 5.91 Å². The molecule has 0 atom stereocenters. The molecule has 1 aromatic carbocycles. The molecule has 0 saturated heterocycles. The lowest BCUT2D eigenvalue weighted by molar-refractivity contribution is 0.0849. The predicted octanol–water partition coefficient (Wildman–Crippen LogP) is 2.70. The molecule has 1 saturated carbocycles. The average Bonchev–Trinajstić information content (AvgIpc) is 2.28. The van der Waals surface area contributed by atoms with E-state index in [2.05, 4.69) is 12.2 Å². The van der Waals surface area contributed by atoms with Gasteiger partial charge in [-0.25, -0.2) is 0 Å². The van der Waals surface area contributed by atoms with Crippen LogP contribution in [0, 0.1) is 5.41 Å². The molecule has 1 aromatic rings. The van der Waals surface area contributed by atoms with Gasteiger partial charge >= 0.3 is 0 Å². The van der Waals surface area contributed by atoms with Crippen molar-refractivity contribution in [2.24, 2.45) is 5.41 Å². The van der Waals surface area contributed by atoms with Gasteiger partial charge in [-0.3, -0.25) is 4.79 Å². The fraction of sp³-hybridized carbons (Fsp3) is 0.500. The van der Waals surface area contributed by atoms with Crippen LogP contribution in [0.25, 0.3) is 0 Å². The van der Waals surface area contributed by atoms with E-state index in [1.807, 2.05) is 0 Å². The Kier molecular flexibility index (Phi) is 3.36. The van der Waals surface area contributed by atoms with Crippen molar-refractivity contribution in [3.63, 3.8) is 0 Å². The molecule has 0 aliphatic heterocycles. The largest absolute Gasteiger partial charge is 0.508 e. The number of carbonyl (C=O) groups is 1. The van der Waals surface area contributed by atoms with Gasteiger partial charge in [0.15, 0.2) is 0 Å². The van der Waals surface area contributed by atoms with Gasteiger partial charge in [-0.1, -0.05) is 19.4 Å². The number of phenols is 1. The minimum Gasteiger partial charge on any atom is -0.508 e. The van der Waals surface area contributed by atoms with Crippen molar-refractivity contribution in [1.82, 2.24) is 5.32 Å². The summed E-state index contributed by atoms with van der Waals surface area (Å²) >= 11 is 0. The average molecular weight is 233 g/mol.